The molecule has 2 aromatic rings. The molecular weight excluding hydrogens is 217 g/mol. The van der Waals surface area contributed by atoms with Gasteiger partial charge in [0, 0.05) is 0 Å². The molecule has 1 aliphatic rings. The zero-order valence-corrected chi connectivity index (χ0v) is 10.3. The summed E-state index contributed by atoms with van der Waals surface area (Å²) in [5.41, 5.74) is 3.00. The minimum absolute atomic E-state index is 0.602. The monoisotopic (exact) mass is 228 g/mol. The maximum atomic E-state index is 2.30. The van der Waals surface area contributed by atoms with E-state index in [0.29, 0.717) is 0 Å². The fraction of sp³-hybridized carbons (Fsp3) is 0. The number of rotatable bonds is 0. The van der Waals surface area contributed by atoms with Crippen LogP contribution in [-0.2, 0) is 0 Å². The molecule has 0 spiro atoms. The van der Waals surface area contributed by atoms with E-state index in [2.05, 4.69) is 48.5 Å². The average molecular weight is 227 g/mol. The van der Waals surface area contributed by atoms with Crippen LogP contribution in [0.2, 0.25) is 0 Å². The first-order chi connectivity index (χ1) is 6.45. The molecule has 0 atom stereocenters. The second kappa shape index (κ2) is 2.74. The van der Waals surface area contributed by atoms with Crippen molar-refractivity contribution in [3.8, 4) is 11.1 Å². The van der Waals surface area contributed by atoms with Gasteiger partial charge in [-0.05, 0) is 0 Å². The molecule has 2 aromatic carbocycles. The molecular formula is C12H10Ge. The topological polar surface area (TPSA) is 0 Å². The standard InChI is InChI=1S/C12H10Ge/c1-3-7-11-9(5-1)10-6-2-4-8-12(10)13-11/h1-8H,13H2. The van der Waals surface area contributed by atoms with Crippen molar-refractivity contribution in [1.29, 1.82) is 0 Å². The maximum absolute atomic E-state index is 2.30. The quantitative estimate of drug-likeness (QED) is 0.498. The van der Waals surface area contributed by atoms with Crippen molar-refractivity contribution in [2.75, 3.05) is 0 Å². The Labute approximate surface area is 84.1 Å². The summed E-state index contributed by atoms with van der Waals surface area (Å²) in [6.45, 7) is 0. The van der Waals surface area contributed by atoms with Crippen LogP contribution in [0.4, 0.5) is 0 Å². The molecule has 62 valence electrons. The van der Waals surface area contributed by atoms with Crippen LogP contribution in [0.1, 0.15) is 0 Å². The van der Waals surface area contributed by atoms with Crippen LogP contribution < -0.4 is 8.79 Å². The van der Waals surface area contributed by atoms with Crippen LogP contribution in [-0.4, -0.2) is 15.4 Å². The summed E-state index contributed by atoms with van der Waals surface area (Å²) < 4.78 is 3.30. The summed E-state index contributed by atoms with van der Waals surface area (Å²) in [6, 6.07) is 17.7. The van der Waals surface area contributed by atoms with Gasteiger partial charge in [0.05, 0.1) is 0 Å². The molecule has 0 radical (unpaired) electrons. The van der Waals surface area contributed by atoms with Crippen molar-refractivity contribution < 1.29 is 0 Å². The van der Waals surface area contributed by atoms with Gasteiger partial charge < -0.3 is 0 Å². The van der Waals surface area contributed by atoms with Crippen LogP contribution in [0.3, 0.4) is 0 Å². The van der Waals surface area contributed by atoms with E-state index in [1.807, 2.05) is 0 Å². The van der Waals surface area contributed by atoms with Gasteiger partial charge in [-0.1, -0.05) is 0 Å². The molecule has 0 aromatic heterocycles. The van der Waals surface area contributed by atoms with E-state index in [0.717, 1.165) is 0 Å². The number of benzene rings is 2. The van der Waals surface area contributed by atoms with Gasteiger partial charge in [0.2, 0.25) is 0 Å². The summed E-state index contributed by atoms with van der Waals surface area (Å²) in [5.74, 6) is 0. The summed E-state index contributed by atoms with van der Waals surface area (Å²) >= 11 is -0.602. The van der Waals surface area contributed by atoms with E-state index >= 15 is 0 Å². The van der Waals surface area contributed by atoms with Crippen molar-refractivity contribution >= 4 is 24.2 Å². The molecule has 3 rings (SSSR count). The van der Waals surface area contributed by atoms with Crippen LogP contribution in [0, 0.1) is 0 Å². The Bertz CT molecular complexity index is 417. The van der Waals surface area contributed by atoms with Crippen molar-refractivity contribution in [3.63, 3.8) is 0 Å². The molecule has 1 heterocycles. The van der Waals surface area contributed by atoms with Gasteiger partial charge in [0.15, 0.2) is 0 Å². The second-order valence-corrected chi connectivity index (χ2v) is 7.43. The molecule has 13 heavy (non-hydrogen) atoms. The van der Waals surface area contributed by atoms with Gasteiger partial charge in [0.1, 0.15) is 0 Å². The molecule has 0 saturated heterocycles. The fourth-order valence-corrected chi connectivity index (χ4v) is 6.10. The van der Waals surface area contributed by atoms with Crippen molar-refractivity contribution in [2.45, 2.75) is 0 Å². The number of hydrogen-bond donors (Lipinski definition) is 0. The van der Waals surface area contributed by atoms with E-state index in [1.54, 1.807) is 8.79 Å². The first-order valence-corrected chi connectivity index (χ1v) is 7.58. The van der Waals surface area contributed by atoms with E-state index in [4.69, 9.17) is 0 Å². The van der Waals surface area contributed by atoms with E-state index in [-0.39, 0.29) is 0 Å². The summed E-state index contributed by atoms with van der Waals surface area (Å²) in [7, 11) is 0. The van der Waals surface area contributed by atoms with Crippen LogP contribution in [0.15, 0.2) is 48.5 Å². The normalized spacial score (nSPS) is 12.3. The summed E-state index contributed by atoms with van der Waals surface area (Å²) in [5, 5.41) is 0. The van der Waals surface area contributed by atoms with Crippen molar-refractivity contribution in [1.82, 2.24) is 0 Å². The average Bonchev–Trinajstić information content (AvgIpc) is 2.56. The SMILES string of the molecule is c1ccc2[c](c1)[GeH2][c]1ccccc1-2. The zero-order chi connectivity index (χ0) is 8.67. The number of fused-ring (bicyclic) bond motifs is 3. The van der Waals surface area contributed by atoms with Crippen LogP contribution in [0.5, 0.6) is 0 Å². The Hall–Kier alpha value is -1.02. The zero-order valence-electron chi connectivity index (χ0n) is 7.33. The third kappa shape index (κ3) is 1.06. The third-order valence-corrected chi connectivity index (χ3v) is 6.89. The Morgan fingerprint density at radius 3 is 1.62 bits per heavy atom. The number of hydrogen-bond acceptors (Lipinski definition) is 0. The molecule has 0 N–H and O–H groups in total. The van der Waals surface area contributed by atoms with Gasteiger partial charge in [-0.3, -0.25) is 0 Å². The molecule has 0 nitrogen and oxygen atoms in total. The molecule has 0 bridgehead atoms. The first kappa shape index (κ1) is 7.39. The van der Waals surface area contributed by atoms with Crippen LogP contribution in [0.25, 0.3) is 11.1 Å². The second-order valence-electron chi connectivity index (χ2n) is 3.49. The Balaban J connectivity index is 2.32. The fourth-order valence-electron chi connectivity index (χ4n) is 2.08. The van der Waals surface area contributed by atoms with E-state index < -0.39 is 15.4 Å². The van der Waals surface area contributed by atoms with Gasteiger partial charge >= 0.3 is 83.9 Å². The molecule has 0 saturated carbocycles. The predicted octanol–water partition coefficient (Wildman–Crippen LogP) is 0.787. The molecule has 0 unspecified atom stereocenters. The molecule has 0 fully saturated rings. The predicted molar refractivity (Wildman–Crippen MR) is 59.7 cm³/mol. The van der Waals surface area contributed by atoms with E-state index in [1.165, 1.54) is 11.1 Å². The minimum atomic E-state index is -0.602. The van der Waals surface area contributed by atoms with Gasteiger partial charge in [-0.25, -0.2) is 0 Å². The van der Waals surface area contributed by atoms with Crippen LogP contribution >= 0.6 is 0 Å². The van der Waals surface area contributed by atoms with Gasteiger partial charge in [-0.2, -0.15) is 0 Å². The van der Waals surface area contributed by atoms with E-state index in [9.17, 15) is 0 Å². The Kier molecular flexibility index (Phi) is 1.56. The molecule has 1 aliphatic heterocycles. The Morgan fingerprint density at radius 2 is 1.08 bits per heavy atom. The van der Waals surface area contributed by atoms with Crippen molar-refractivity contribution in [3.05, 3.63) is 48.5 Å². The third-order valence-electron chi connectivity index (χ3n) is 2.71. The summed E-state index contributed by atoms with van der Waals surface area (Å²) in [6.07, 6.45) is 0. The summed E-state index contributed by atoms with van der Waals surface area (Å²) in [4.78, 5) is 0. The van der Waals surface area contributed by atoms with Gasteiger partial charge in [-0.15, -0.1) is 0 Å². The first-order valence-electron chi connectivity index (χ1n) is 4.61. The molecule has 1 heteroatoms. The van der Waals surface area contributed by atoms with Crippen molar-refractivity contribution in [2.24, 2.45) is 0 Å². The molecule has 0 amide bonds. The molecule has 0 aliphatic carbocycles. The van der Waals surface area contributed by atoms with Gasteiger partial charge in [0.25, 0.3) is 0 Å². The Morgan fingerprint density at radius 1 is 0.615 bits per heavy atom.